The minimum Gasteiger partial charge on any atom is -0.335 e. The van der Waals surface area contributed by atoms with Gasteiger partial charge in [-0.2, -0.15) is 11.8 Å². The first-order valence-corrected chi connectivity index (χ1v) is 10.6. The van der Waals surface area contributed by atoms with Crippen molar-refractivity contribution in [1.82, 2.24) is 20.9 Å². The minimum atomic E-state index is -0.616. The standard InChI is InChI=1S/C19H22N4O4S.3H2/c24-16-4-3-15(17(25)22-16)23-9-12-2-1-11(7-14(12)18(23)26)8-20-19(27)21-13-5-6-28-10-13;;;/h1-2,7,13,15H,3-6,8-10H2,(H2,20,21,27)(H,22,24,25);3*1H. The summed E-state index contributed by atoms with van der Waals surface area (Å²) in [5.41, 5.74) is 2.23. The highest BCUT2D eigenvalue weighted by Crippen LogP contribution is 2.28. The molecule has 154 valence electrons. The minimum absolute atomic E-state index is 0. The number of piperidine rings is 1. The van der Waals surface area contributed by atoms with E-state index in [0.717, 1.165) is 29.1 Å². The average Bonchev–Trinajstić information content (AvgIpc) is 3.28. The highest BCUT2D eigenvalue weighted by Gasteiger charge is 2.39. The van der Waals surface area contributed by atoms with Crippen LogP contribution in [-0.4, -0.2) is 52.2 Å². The zero-order valence-corrected chi connectivity index (χ0v) is 16.1. The lowest BCUT2D eigenvalue weighted by Crippen LogP contribution is -2.52. The third-order valence-electron chi connectivity index (χ3n) is 5.31. The summed E-state index contributed by atoms with van der Waals surface area (Å²) in [5, 5.41) is 8.08. The quantitative estimate of drug-likeness (QED) is 0.654. The molecule has 8 nitrogen and oxygen atoms in total. The van der Waals surface area contributed by atoms with Crippen molar-refractivity contribution in [3.8, 4) is 0 Å². The normalized spacial score (nSPS) is 24.1. The number of imide groups is 1. The summed E-state index contributed by atoms with van der Waals surface area (Å²) in [7, 11) is 0. The Balaban J connectivity index is 0.00000160. The number of amides is 5. The number of carbonyl (C=O) groups is 4. The van der Waals surface area contributed by atoms with Crippen molar-refractivity contribution in [2.45, 2.75) is 44.4 Å². The summed E-state index contributed by atoms with van der Waals surface area (Å²) < 4.78 is 0. The second kappa shape index (κ2) is 7.83. The summed E-state index contributed by atoms with van der Waals surface area (Å²) in [4.78, 5) is 49.8. The summed E-state index contributed by atoms with van der Waals surface area (Å²) in [6, 6.07) is 4.91. The maximum atomic E-state index is 12.8. The van der Waals surface area contributed by atoms with E-state index in [2.05, 4.69) is 16.0 Å². The first-order valence-electron chi connectivity index (χ1n) is 9.40. The molecule has 3 N–H and O–H groups in total. The molecule has 0 aliphatic carbocycles. The molecule has 0 bridgehead atoms. The van der Waals surface area contributed by atoms with Crippen molar-refractivity contribution in [2.75, 3.05) is 11.5 Å². The Morgan fingerprint density at radius 3 is 2.89 bits per heavy atom. The van der Waals surface area contributed by atoms with E-state index in [9.17, 15) is 19.2 Å². The van der Waals surface area contributed by atoms with E-state index in [-0.39, 0.29) is 34.6 Å². The topological polar surface area (TPSA) is 108 Å². The van der Waals surface area contributed by atoms with E-state index in [1.165, 1.54) is 4.90 Å². The van der Waals surface area contributed by atoms with E-state index >= 15 is 0 Å². The lowest BCUT2D eigenvalue weighted by molar-refractivity contribution is -0.136. The molecule has 1 aromatic carbocycles. The predicted octanol–water partition coefficient (Wildman–Crippen LogP) is 1.49. The van der Waals surface area contributed by atoms with Crippen LogP contribution in [0.4, 0.5) is 4.79 Å². The predicted molar refractivity (Wildman–Crippen MR) is 110 cm³/mol. The van der Waals surface area contributed by atoms with E-state index < -0.39 is 11.9 Å². The van der Waals surface area contributed by atoms with Gasteiger partial charge < -0.3 is 15.5 Å². The number of carbonyl (C=O) groups excluding carboxylic acids is 4. The summed E-state index contributed by atoms with van der Waals surface area (Å²) >= 11 is 1.83. The van der Waals surface area contributed by atoms with Gasteiger partial charge in [0.1, 0.15) is 6.04 Å². The van der Waals surface area contributed by atoms with Crippen LogP contribution in [0.1, 0.15) is 45.0 Å². The molecule has 2 saturated heterocycles. The third-order valence-corrected chi connectivity index (χ3v) is 6.47. The Bertz CT molecular complexity index is 851. The molecule has 0 spiro atoms. The Kier molecular flexibility index (Phi) is 5.25. The third kappa shape index (κ3) is 3.84. The second-order valence-corrected chi connectivity index (χ2v) is 8.43. The number of hydrogen-bond acceptors (Lipinski definition) is 5. The number of benzene rings is 1. The molecule has 2 fully saturated rings. The molecule has 28 heavy (non-hydrogen) atoms. The van der Waals surface area contributed by atoms with Gasteiger partial charge in [-0.1, -0.05) is 12.1 Å². The van der Waals surface area contributed by atoms with E-state index in [1.54, 1.807) is 6.07 Å². The van der Waals surface area contributed by atoms with Crippen LogP contribution in [0.15, 0.2) is 18.2 Å². The summed E-state index contributed by atoms with van der Waals surface area (Å²) in [6.07, 6.45) is 1.57. The first-order chi connectivity index (χ1) is 13.5. The molecule has 3 heterocycles. The fourth-order valence-corrected chi connectivity index (χ4v) is 4.93. The van der Waals surface area contributed by atoms with Gasteiger partial charge in [0, 0.05) is 41.1 Å². The molecule has 0 radical (unpaired) electrons. The van der Waals surface area contributed by atoms with Crippen LogP contribution < -0.4 is 16.0 Å². The fraction of sp³-hybridized carbons (Fsp3) is 0.474. The van der Waals surface area contributed by atoms with Gasteiger partial charge in [0.15, 0.2) is 0 Å². The van der Waals surface area contributed by atoms with Gasteiger partial charge in [-0.05, 0) is 35.8 Å². The maximum Gasteiger partial charge on any atom is 0.315 e. The Morgan fingerprint density at radius 2 is 2.14 bits per heavy atom. The van der Waals surface area contributed by atoms with E-state index in [4.69, 9.17) is 0 Å². The molecular weight excluding hydrogens is 380 g/mol. The number of hydrogen-bond donors (Lipinski definition) is 3. The Morgan fingerprint density at radius 1 is 1.29 bits per heavy atom. The monoisotopic (exact) mass is 408 g/mol. The number of urea groups is 1. The number of thioether (sulfide) groups is 1. The molecule has 0 saturated carbocycles. The molecule has 2 unspecified atom stereocenters. The lowest BCUT2D eigenvalue weighted by atomic mass is 10.0. The molecule has 2 atom stereocenters. The van der Waals surface area contributed by atoms with Crippen molar-refractivity contribution in [2.24, 2.45) is 0 Å². The van der Waals surface area contributed by atoms with Crippen molar-refractivity contribution in [1.29, 1.82) is 0 Å². The largest absolute Gasteiger partial charge is 0.335 e. The van der Waals surface area contributed by atoms with Gasteiger partial charge in [-0.3, -0.25) is 19.7 Å². The fourth-order valence-electron chi connectivity index (χ4n) is 3.78. The van der Waals surface area contributed by atoms with Crippen LogP contribution in [0.3, 0.4) is 0 Å². The van der Waals surface area contributed by atoms with Crippen LogP contribution in [0, 0.1) is 0 Å². The molecule has 1 aromatic rings. The van der Waals surface area contributed by atoms with Crippen LogP contribution >= 0.6 is 11.8 Å². The summed E-state index contributed by atoms with van der Waals surface area (Å²) in [6.45, 7) is 0.679. The zero-order chi connectivity index (χ0) is 19.7. The van der Waals surface area contributed by atoms with Gasteiger partial charge in [-0.15, -0.1) is 0 Å². The smallest absolute Gasteiger partial charge is 0.315 e. The van der Waals surface area contributed by atoms with Crippen LogP contribution in [0.25, 0.3) is 0 Å². The van der Waals surface area contributed by atoms with Crippen LogP contribution in [-0.2, 0) is 22.7 Å². The van der Waals surface area contributed by atoms with Gasteiger partial charge in [0.2, 0.25) is 11.8 Å². The number of fused-ring (bicyclic) bond motifs is 1. The van der Waals surface area contributed by atoms with Gasteiger partial charge >= 0.3 is 6.03 Å². The number of nitrogens with one attached hydrogen (secondary N) is 3. The Hall–Kier alpha value is -2.55. The van der Waals surface area contributed by atoms with Crippen LogP contribution in [0.2, 0.25) is 0 Å². The molecule has 5 amide bonds. The van der Waals surface area contributed by atoms with Crippen molar-refractivity contribution in [3.63, 3.8) is 0 Å². The molecule has 4 rings (SSSR count). The highest BCUT2D eigenvalue weighted by atomic mass is 32.2. The SMILES string of the molecule is O=C1CCC(N2Cc3ccc(CNC(=O)NC4CCSC4)cc3C2=O)C(=O)N1.[HH].[HH].[HH]. The summed E-state index contributed by atoms with van der Waals surface area (Å²) in [5.74, 6) is 1.09. The first kappa shape index (κ1) is 18.8. The molecule has 0 aromatic heterocycles. The van der Waals surface area contributed by atoms with Gasteiger partial charge in [0.25, 0.3) is 5.91 Å². The average molecular weight is 409 g/mol. The zero-order valence-electron chi connectivity index (χ0n) is 15.3. The second-order valence-electron chi connectivity index (χ2n) is 7.28. The Labute approximate surface area is 171 Å². The van der Waals surface area contributed by atoms with E-state index in [1.807, 2.05) is 23.9 Å². The van der Waals surface area contributed by atoms with E-state index in [0.29, 0.717) is 25.1 Å². The molecule has 3 aliphatic rings. The van der Waals surface area contributed by atoms with Gasteiger partial charge in [0.05, 0.1) is 0 Å². The lowest BCUT2D eigenvalue weighted by Gasteiger charge is -2.29. The molecule has 9 heteroatoms. The van der Waals surface area contributed by atoms with Crippen molar-refractivity contribution in [3.05, 3.63) is 34.9 Å². The molecule has 3 aliphatic heterocycles. The maximum absolute atomic E-state index is 12.8. The number of rotatable bonds is 4. The van der Waals surface area contributed by atoms with Crippen molar-refractivity contribution < 1.29 is 23.5 Å². The van der Waals surface area contributed by atoms with Crippen LogP contribution in [0.5, 0.6) is 0 Å². The van der Waals surface area contributed by atoms with Gasteiger partial charge in [-0.25, -0.2) is 4.79 Å². The highest BCUT2D eigenvalue weighted by molar-refractivity contribution is 7.99. The molecular formula is C19H28N4O4S. The van der Waals surface area contributed by atoms with Crippen molar-refractivity contribution >= 4 is 35.5 Å². The number of nitrogens with zero attached hydrogens (tertiary/aromatic N) is 1.